The van der Waals surface area contributed by atoms with Crippen molar-refractivity contribution in [1.82, 2.24) is 9.55 Å². The number of imidazole rings is 1. The first-order valence-corrected chi connectivity index (χ1v) is 5.25. The van der Waals surface area contributed by atoms with Gasteiger partial charge >= 0.3 is 0 Å². The monoisotopic (exact) mass is 202 g/mol. The highest BCUT2D eigenvalue weighted by molar-refractivity contribution is 5.82. The number of fused-ring (bicyclic) bond motifs is 1. The molecule has 1 aliphatic carbocycles. The molecule has 0 amide bonds. The predicted octanol–water partition coefficient (Wildman–Crippen LogP) is 1.97. The minimum atomic E-state index is 0.585. The smallest absolute Gasteiger partial charge is 0.218 e. The molecule has 4 heteroatoms. The number of hydrazine groups is 1. The van der Waals surface area contributed by atoms with Crippen LogP contribution in [0.5, 0.6) is 0 Å². The number of anilines is 1. The number of nitrogen functional groups attached to an aromatic ring is 1. The van der Waals surface area contributed by atoms with Crippen molar-refractivity contribution in [3.63, 3.8) is 0 Å². The van der Waals surface area contributed by atoms with E-state index in [1.54, 1.807) is 0 Å². The Balaban J connectivity index is 2.35. The quantitative estimate of drug-likeness (QED) is 0.578. The van der Waals surface area contributed by atoms with Crippen LogP contribution in [0.25, 0.3) is 11.0 Å². The first-order valence-electron chi connectivity index (χ1n) is 5.25. The topological polar surface area (TPSA) is 55.9 Å². The van der Waals surface area contributed by atoms with E-state index in [1.165, 1.54) is 23.9 Å². The number of nitrogens with zero attached hydrogens (tertiary/aromatic N) is 2. The van der Waals surface area contributed by atoms with Crippen molar-refractivity contribution in [3.8, 4) is 0 Å². The van der Waals surface area contributed by atoms with Gasteiger partial charge < -0.3 is 4.57 Å². The minimum absolute atomic E-state index is 0.585. The van der Waals surface area contributed by atoms with Crippen LogP contribution in [-0.2, 0) is 0 Å². The van der Waals surface area contributed by atoms with Gasteiger partial charge in [0.25, 0.3) is 0 Å². The number of nitrogens with two attached hydrogens (primary N) is 1. The Labute approximate surface area is 88.1 Å². The average molecular weight is 202 g/mol. The third kappa shape index (κ3) is 1.22. The molecule has 0 atom stereocenters. The molecule has 0 bridgehead atoms. The maximum Gasteiger partial charge on any atom is 0.218 e. The molecule has 0 aliphatic heterocycles. The van der Waals surface area contributed by atoms with Gasteiger partial charge in [-0.15, -0.1) is 0 Å². The van der Waals surface area contributed by atoms with Crippen LogP contribution in [-0.4, -0.2) is 9.55 Å². The zero-order chi connectivity index (χ0) is 10.4. The largest absolute Gasteiger partial charge is 0.306 e. The van der Waals surface area contributed by atoms with Crippen LogP contribution in [0.4, 0.5) is 5.95 Å². The van der Waals surface area contributed by atoms with Gasteiger partial charge in [-0.1, -0.05) is 12.1 Å². The predicted molar refractivity (Wildman–Crippen MR) is 60.6 cm³/mol. The van der Waals surface area contributed by atoms with E-state index in [4.69, 9.17) is 5.84 Å². The third-order valence-electron chi connectivity index (χ3n) is 2.95. The molecular formula is C11H14N4. The zero-order valence-electron chi connectivity index (χ0n) is 8.70. The molecule has 0 spiro atoms. The van der Waals surface area contributed by atoms with Gasteiger partial charge in [0.05, 0.1) is 11.0 Å². The van der Waals surface area contributed by atoms with Gasteiger partial charge in [-0.05, 0) is 31.4 Å². The van der Waals surface area contributed by atoms with E-state index in [-0.39, 0.29) is 0 Å². The van der Waals surface area contributed by atoms with E-state index in [0.717, 1.165) is 11.5 Å². The van der Waals surface area contributed by atoms with Crippen molar-refractivity contribution >= 4 is 17.0 Å². The molecule has 0 radical (unpaired) electrons. The Morgan fingerprint density at radius 1 is 1.47 bits per heavy atom. The Morgan fingerprint density at radius 3 is 2.93 bits per heavy atom. The van der Waals surface area contributed by atoms with Gasteiger partial charge in [0, 0.05) is 6.04 Å². The number of aromatic nitrogens is 2. The van der Waals surface area contributed by atoms with Crippen LogP contribution in [0.2, 0.25) is 0 Å². The van der Waals surface area contributed by atoms with Gasteiger partial charge in [-0.2, -0.15) is 0 Å². The maximum absolute atomic E-state index is 5.50. The summed E-state index contributed by atoms with van der Waals surface area (Å²) < 4.78 is 2.23. The number of hydrogen-bond acceptors (Lipinski definition) is 3. The van der Waals surface area contributed by atoms with Crippen LogP contribution < -0.4 is 11.3 Å². The van der Waals surface area contributed by atoms with E-state index < -0.39 is 0 Å². The van der Waals surface area contributed by atoms with Crippen molar-refractivity contribution < 1.29 is 0 Å². The molecule has 2 aromatic rings. The van der Waals surface area contributed by atoms with Gasteiger partial charge in [0.1, 0.15) is 0 Å². The Kier molecular flexibility index (Phi) is 1.73. The summed E-state index contributed by atoms with van der Waals surface area (Å²) in [6, 6.07) is 6.76. The van der Waals surface area contributed by atoms with Crippen molar-refractivity contribution in [2.45, 2.75) is 25.8 Å². The summed E-state index contributed by atoms with van der Waals surface area (Å²) in [4.78, 5) is 4.48. The Bertz CT molecular complexity index is 511. The SMILES string of the molecule is Cc1cccc2nc(NN)n(C3CC3)c12. The molecule has 0 saturated heterocycles. The molecule has 1 heterocycles. The summed E-state index contributed by atoms with van der Waals surface area (Å²) in [5.41, 5.74) is 6.18. The highest BCUT2D eigenvalue weighted by Crippen LogP contribution is 2.40. The van der Waals surface area contributed by atoms with Crippen LogP contribution in [0.1, 0.15) is 24.4 Å². The van der Waals surface area contributed by atoms with Gasteiger partial charge in [0.15, 0.2) is 0 Å². The molecule has 0 unspecified atom stereocenters. The summed E-state index contributed by atoms with van der Waals surface area (Å²) in [6.45, 7) is 2.11. The van der Waals surface area contributed by atoms with Crippen molar-refractivity contribution in [2.75, 3.05) is 5.43 Å². The number of aryl methyl sites for hydroxylation is 1. The van der Waals surface area contributed by atoms with Crippen LogP contribution in [0, 0.1) is 6.92 Å². The fourth-order valence-electron chi connectivity index (χ4n) is 2.11. The minimum Gasteiger partial charge on any atom is -0.306 e. The van der Waals surface area contributed by atoms with Crippen LogP contribution in [0.3, 0.4) is 0 Å². The van der Waals surface area contributed by atoms with Crippen LogP contribution >= 0.6 is 0 Å². The molecule has 4 nitrogen and oxygen atoms in total. The lowest BCUT2D eigenvalue weighted by Crippen LogP contribution is -2.12. The molecule has 1 aromatic heterocycles. The van der Waals surface area contributed by atoms with E-state index in [9.17, 15) is 0 Å². The first-order chi connectivity index (χ1) is 7.31. The number of para-hydroxylation sites is 1. The summed E-state index contributed by atoms with van der Waals surface area (Å²) in [7, 11) is 0. The molecule has 1 aromatic carbocycles. The average Bonchev–Trinajstić information content (AvgIpc) is 2.99. The lowest BCUT2D eigenvalue weighted by atomic mass is 10.2. The van der Waals surface area contributed by atoms with Crippen molar-refractivity contribution in [2.24, 2.45) is 5.84 Å². The number of hydrogen-bond donors (Lipinski definition) is 2. The molecular weight excluding hydrogens is 188 g/mol. The summed E-state index contributed by atoms with van der Waals surface area (Å²) in [6.07, 6.45) is 2.46. The van der Waals surface area contributed by atoms with E-state index in [0.29, 0.717) is 6.04 Å². The summed E-state index contributed by atoms with van der Waals surface area (Å²) in [5.74, 6) is 6.28. The fraction of sp³-hybridized carbons (Fsp3) is 0.364. The molecule has 3 rings (SSSR count). The molecule has 78 valence electrons. The third-order valence-corrected chi connectivity index (χ3v) is 2.95. The van der Waals surface area contributed by atoms with Gasteiger partial charge in [-0.25, -0.2) is 10.8 Å². The number of rotatable bonds is 2. The summed E-state index contributed by atoms with van der Waals surface area (Å²) in [5, 5.41) is 0. The van der Waals surface area contributed by atoms with E-state index in [1.807, 2.05) is 12.1 Å². The Hall–Kier alpha value is -1.55. The number of nitrogens with one attached hydrogen (secondary N) is 1. The highest BCUT2D eigenvalue weighted by atomic mass is 15.4. The Morgan fingerprint density at radius 2 is 2.27 bits per heavy atom. The fourth-order valence-corrected chi connectivity index (χ4v) is 2.11. The second-order valence-electron chi connectivity index (χ2n) is 4.12. The second-order valence-corrected chi connectivity index (χ2v) is 4.12. The molecule has 15 heavy (non-hydrogen) atoms. The second kappa shape index (κ2) is 2.97. The first kappa shape index (κ1) is 8.73. The standard InChI is InChI=1S/C11H14N4/c1-7-3-2-4-9-10(7)15(8-5-6-8)11(13-9)14-12/h2-4,8H,5-6,12H2,1H3,(H,13,14). The normalized spacial score (nSPS) is 15.9. The van der Waals surface area contributed by atoms with Gasteiger partial charge in [0.2, 0.25) is 5.95 Å². The lowest BCUT2D eigenvalue weighted by molar-refractivity contribution is 0.769. The number of benzene rings is 1. The molecule has 3 N–H and O–H groups in total. The van der Waals surface area contributed by atoms with Gasteiger partial charge in [-0.3, -0.25) is 5.43 Å². The molecule has 1 aliphatic rings. The van der Waals surface area contributed by atoms with E-state index >= 15 is 0 Å². The maximum atomic E-state index is 5.50. The van der Waals surface area contributed by atoms with Crippen LogP contribution in [0.15, 0.2) is 18.2 Å². The molecule has 1 fully saturated rings. The summed E-state index contributed by atoms with van der Waals surface area (Å²) >= 11 is 0. The lowest BCUT2D eigenvalue weighted by Gasteiger charge is -2.07. The van der Waals surface area contributed by atoms with Crippen molar-refractivity contribution in [3.05, 3.63) is 23.8 Å². The molecule has 1 saturated carbocycles. The zero-order valence-corrected chi connectivity index (χ0v) is 8.70. The van der Waals surface area contributed by atoms with Crippen molar-refractivity contribution in [1.29, 1.82) is 0 Å². The van der Waals surface area contributed by atoms with E-state index in [2.05, 4.69) is 28.0 Å². The highest BCUT2D eigenvalue weighted by Gasteiger charge is 2.28.